The van der Waals surface area contributed by atoms with Crippen LogP contribution in [0, 0.1) is 5.41 Å². The summed E-state index contributed by atoms with van der Waals surface area (Å²) in [6.07, 6.45) is 2.60. The van der Waals surface area contributed by atoms with Gasteiger partial charge in [0.15, 0.2) is 0 Å². The fourth-order valence-electron chi connectivity index (χ4n) is 2.22. The third-order valence-electron chi connectivity index (χ3n) is 3.18. The number of rotatable bonds is 2. The molecule has 0 radical (unpaired) electrons. The van der Waals surface area contributed by atoms with E-state index in [0.29, 0.717) is 5.41 Å². The maximum absolute atomic E-state index is 3.49. The molecular weight excluding hydrogens is 182 g/mol. The number of nitrogens with one attached hydrogen (secondary N) is 1. The van der Waals surface area contributed by atoms with Crippen molar-refractivity contribution in [3.05, 3.63) is 29.8 Å². The standard InChI is InChI=1S/C14H21N/c1-14(2,3)9-8-11-10-15-13-7-5-4-6-12(11)13/h4-7,11,15H,8-10H2,1-3H3. The topological polar surface area (TPSA) is 12.0 Å². The number of benzene rings is 1. The SMILES string of the molecule is CC(C)(C)CCC1CNc2ccccc21. The molecule has 0 spiro atoms. The van der Waals surface area contributed by atoms with E-state index in [1.54, 1.807) is 0 Å². The normalized spacial score (nSPS) is 19.8. The number of hydrogen-bond donors (Lipinski definition) is 1. The van der Waals surface area contributed by atoms with E-state index in [9.17, 15) is 0 Å². The Bertz CT molecular complexity index is 335. The van der Waals surface area contributed by atoms with Gasteiger partial charge in [-0.3, -0.25) is 0 Å². The Hall–Kier alpha value is -0.980. The molecule has 1 unspecified atom stereocenters. The summed E-state index contributed by atoms with van der Waals surface area (Å²) in [6, 6.07) is 8.71. The highest BCUT2D eigenvalue weighted by Crippen LogP contribution is 2.36. The molecule has 0 saturated heterocycles. The predicted octanol–water partition coefficient (Wildman–Crippen LogP) is 4.02. The summed E-state index contributed by atoms with van der Waals surface area (Å²) in [5.41, 5.74) is 3.32. The van der Waals surface area contributed by atoms with Crippen molar-refractivity contribution in [3.8, 4) is 0 Å². The van der Waals surface area contributed by atoms with Crippen molar-refractivity contribution in [2.75, 3.05) is 11.9 Å². The zero-order valence-corrected chi connectivity index (χ0v) is 10.0. The molecule has 1 aliphatic rings. The van der Waals surface area contributed by atoms with Crippen molar-refractivity contribution in [1.29, 1.82) is 0 Å². The summed E-state index contributed by atoms with van der Waals surface area (Å²) in [6.45, 7) is 8.08. The molecule has 0 aromatic heterocycles. The molecule has 0 bridgehead atoms. The Morgan fingerprint density at radius 2 is 2.00 bits per heavy atom. The molecule has 0 fully saturated rings. The molecule has 2 rings (SSSR count). The van der Waals surface area contributed by atoms with Crippen LogP contribution in [0.5, 0.6) is 0 Å². The maximum atomic E-state index is 3.49. The minimum Gasteiger partial charge on any atom is -0.384 e. The summed E-state index contributed by atoms with van der Waals surface area (Å²) in [7, 11) is 0. The minimum atomic E-state index is 0.456. The van der Waals surface area contributed by atoms with Crippen LogP contribution in [0.3, 0.4) is 0 Å². The fraction of sp³-hybridized carbons (Fsp3) is 0.571. The molecule has 1 N–H and O–H groups in total. The van der Waals surface area contributed by atoms with Gasteiger partial charge in [0.05, 0.1) is 0 Å². The molecule has 1 heterocycles. The molecule has 1 aromatic rings. The van der Waals surface area contributed by atoms with E-state index in [2.05, 4.69) is 50.4 Å². The van der Waals surface area contributed by atoms with Crippen LogP contribution < -0.4 is 5.32 Å². The second-order valence-electron chi connectivity index (χ2n) is 5.76. The first-order chi connectivity index (χ1) is 7.06. The van der Waals surface area contributed by atoms with Gasteiger partial charge >= 0.3 is 0 Å². The summed E-state index contributed by atoms with van der Waals surface area (Å²) in [5, 5.41) is 3.49. The molecule has 1 atom stereocenters. The summed E-state index contributed by atoms with van der Waals surface area (Å²) in [5.74, 6) is 0.723. The van der Waals surface area contributed by atoms with Crippen LogP contribution in [0.2, 0.25) is 0 Å². The number of hydrogen-bond acceptors (Lipinski definition) is 1. The second-order valence-corrected chi connectivity index (χ2v) is 5.76. The Balaban J connectivity index is 2.02. The first-order valence-electron chi connectivity index (χ1n) is 5.89. The number of anilines is 1. The highest BCUT2D eigenvalue weighted by molar-refractivity contribution is 5.57. The van der Waals surface area contributed by atoms with Gasteiger partial charge in [0.25, 0.3) is 0 Å². The smallest absolute Gasteiger partial charge is 0.0376 e. The van der Waals surface area contributed by atoms with E-state index in [1.807, 2.05) is 0 Å². The highest BCUT2D eigenvalue weighted by atomic mass is 14.9. The van der Waals surface area contributed by atoms with E-state index in [0.717, 1.165) is 12.5 Å². The van der Waals surface area contributed by atoms with Crippen LogP contribution in [0.1, 0.15) is 45.1 Å². The molecule has 82 valence electrons. The molecule has 1 aliphatic heterocycles. The minimum absolute atomic E-state index is 0.456. The highest BCUT2D eigenvalue weighted by Gasteiger charge is 2.23. The largest absolute Gasteiger partial charge is 0.384 e. The Labute approximate surface area is 92.9 Å². The molecule has 15 heavy (non-hydrogen) atoms. The van der Waals surface area contributed by atoms with Gasteiger partial charge in [-0.05, 0) is 29.9 Å². The van der Waals surface area contributed by atoms with Gasteiger partial charge in [-0.15, -0.1) is 0 Å². The van der Waals surface area contributed by atoms with Gasteiger partial charge in [0.1, 0.15) is 0 Å². The number of fused-ring (bicyclic) bond motifs is 1. The van der Waals surface area contributed by atoms with Gasteiger partial charge in [0.2, 0.25) is 0 Å². The molecule has 0 saturated carbocycles. The van der Waals surface area contributed by atoms with Crippen LogP contribution in [-0.4, -0.2) is 6.54 Å². The third kappa shape index (κ3) is 2.53. The van der Waals surface area contributed by atoms with Crippen LogP contribution in [-0.2, 0) is 0 Å². The molecule has 0 aliphatic carbocycles. The van der Waals surface area contributed by atoms with Crippen LogP contribution in [0.4, 0.5) is 5.69 Å². The van der Waals surface area contributed by atoms with E-state index in [4.69, 9.17) is 0 Å². The lowest BCUT2D eigenvalue weighted by Gasteiger charge is -2.20. The van der Waals surface area contributed by atoms with Crippen LogP contribution >= 0.6 is 0 Å². The Morgan fingerprint density at radius 1 is 1.27 bits per heavy atom. The Kier molecular flexibility index (Phi) is 2.72. The van der Waals surface area contributed by atoms with Crippen LogP contribution in [0.15, 0.2) is 24.3 Å². The Morgan fingerprint density at radius 3 is 2.73 bits per heavy atom. The van der Waals surface area contributed by atoms with E-state index in [1.165, 1.54) is 24.1 Å². The van der Waals surface area contributed by atoms with Crippen molar-refractivity contribution < 1.29 is 0 Å². The maximum Gasteiger partial charge on any atom is 0.0376 e. The van der Waals surface area contributed by atoms with E-state index < -0.39 is 0 Å². The van der Waals surface area contributed by atoms with Crippen molar-refractivity contribution in [2.24, 2.45) is 5.41 Å². The average Bonchev–Trinajstić information content (AvgIpc) is 2.57. The quantitative estimate of drug-likeness (QED) is 0.765. The van der Waals surface area contributed by atoms with Crippen LogP contribution in [0.25, 0.3) is 0 Å². The summed E-state index contributed by atoms with van der Waals surface area (Å²) >= 11 is 0. The van der Waals surface area contributed by atoms with Gasteiger partial charge in [-0.25, -0.2) is 0 Å². The number of para-hydroxylation sites is 1. The predicted molar refractivity (Wildman–Crippen MR) is 66.4 cm³/mol. The van der Waals surface area contributed by atoms with Crippen molar-refractivity contribution in [1.82, 2.24) is 0 Å². The van der Waals surface area contributed by atoms with Crippen molar-refractivity contribution >= 4 is 5.69 Å². The summed E-state index contributed by atoms with van der Waals surface area (Å²) < 4.78 is 0. The summed E-state index contributed by atoms with van der Waals surface area (Å²) in [4.78, 5) is 0. The lowest BCUT2D eigenvalue weighted by Crippen LogP contribution is -2.09. The first-order valence-corrected chi connectivity index (χ1v) is 5.89. The lowest BCUT2D eigenvalue weighted by molar-refractivity contribution is 0.352. The third-order valence-corrected chi connectivity index (χ3v) is 3.18. The molecule has 1 aromatic carbocycles. The van der Waals surface area contributed by atoms with Crippen molar-refractivity contribution in [2.45, 2.75) is 39.5 Å². The lowest BCUT2D eigenvalue weighted by atomic mass is 9.85. The fourth-order valence-corrected chi connectivity index (χ4v) is 2.22. The van der Waals surface area contributed by atoms with Gasteiger partial charge in [-0.1, -0.05) is 39.0 Å². The van der Waals surface area contributed by atoms with Gasteiger partial charge in [0, 0.05) is 18.2 Å². The van der Waals surface area contributed by atoms with E-state index in [-0.39, 0.29) is 0 Å². The molecule has 0 amide bonds. The van der Waals surface area contributed by atoms with Gasteiger partial charge in [-0.2, -0.15) is 0 Å². The van der Waals surface area contributed by atoms with Gasteiger partial charge < -0.3 is 5.32 Å². The van der Waals surface area contributed by atoms with E-state index >= 15 is 0 Å². The average molecular weight is 203 g/mol. The zero-order chi connectivity index (χ0) is 10.9. The first kappa shape index (κ1) is 10.5. The molecular formula is C14H21N. The molecule has 1 nitrogen and oxygen atoms in total. The second kappa shape index (κ2) is 3.88. The van der Waals surface area contributed by atoms with Crippen molar-refractivity contribution in [3.63, 3.8) is 0 Å². The monoisotopic (exact) mass is 203 g/mol. The zero-order valence-electron chi connectivity index (χ0n) is 10.0. The molecule has 1 heteroatoms.